The number of non-ortho nitro benzene ring substituents is 1. The van der Waals surface area contributed by atoms with Gasteiger partial charge in [0.1, 0.15) is 5.82 Å². The van der Waals surface area contributed by atoms with Gasteiger partial charge in [-0.1, -0.05) is 11.6 Å². The Morgan fingerprint density at radius 3 is 2.57 bits per heavy atom. The van der Waals surface area contributed by atoms with Gasteiger partial charge in [0.2, 0.25) is 0 Å². The molecule has 2 aromatic rings. The van der Waals surface area contributed by atoms with Crippen molar-refractivity contribution in [2.75, 3.05) is 5.32 Å². The highest BCUT2D eigenvalue weighted by Gasteiger charge is 2.19. The van der Waals surface area contributed by atoms with Crippen LogP contribution >= 0.6 is 11.6 Å². The normalized spacial score (nSPS) is 10.3. The average Bonchev–Trinajstić information content (AvgIpc) is 2.49. The molecule has 0 unspecified atom stereocenters. The number of nitro benzene ring substituents is 1. The van der Waals surface area contributed by atoms with E-state index in [0.717, 1.165) is 24.3 Å². The van der Waals surface area contributed by atoms with Crippen LogP contribution in [0.1, 0.15) is 10.4 Å². The Kier molecular flexibility index (Phi) is 4.94. The van der Waals surface area contributed by atoms with E-state index in [1.165, 1.54) is 12.1 Å². The molecule has 2 rings (SSSR count). The molecule has 0 heterocycles. The topological polar surface area (TPSA) is 113 Å². The second-order valence-electron chi connectivity index (χ2n) is 4.49. The molecule has 1 amide bonds. The van der Waals surface area contributed by atoms with Gasteiger partial charge in [-0.2, -0.15) is 0 Å². The van der Waals surface area contributed by atoms with E-state index in [2.05, 4.69) is 5.32 Å². The second-order valence-corrected chi connectivity index (χ2v) is 4.89. The minimum atomic E-state index is -2.08. The summed E-state index contributed by atoms with van der Waals surface area (Å²) in [6.45, 7) is 0. The maximum absolute atomic E-state index is 13.4. The molecule has 118 valence electrons. The highest BCUT2D eigenvalue weighted by molar-refractivity contribution is 6.58. The molecule has 0 saturated heterocycles. The van der Waals surface area contributed by atoms with E-state index in [-0.39, 0.29) is 22.0 Å². The van der Waals surface area contributed by atoms with Crippen molar-refractivity contribution in [1.29, 1.82) is 0 Å². The minimum Gasteiger partial charge on any atom is -0.423 e. The Bertz CT molecular complexity index is 787. The first-order valence-electron chi connectivity index (χ1n) is 6.20. The summed E-state index contributed by atoms with van der Waals surface area (Å²) in [4.78, 5) is 22.2. The predicted octanol–water partition coefficient (Wildman–Crippen LogP) is 1.32. The van der Waals surface area contributed by atoms with Gasteiger partial charge >= 0.3 is 7.12 Å². The quantitative estimate of drug-likeness (QED) is 0.442. The summed E-state index contributed by atoms with van der Waals surface area (Å²) in [6, 6.07) is 6.49. The maximum atomic E-state index is 13.4. The van der Waals surface area contributed by atoms with E-state index in [0.29, 0.717) is 0 Å². The molecule has 0 bridgehead atoms. The summed E-state index contributed by atoms with van der Waals surface area (Å²) in [5, 5.41) is 31.2. The monoisotopic (exact) mass is 338 g/mol. The fourth-order valence-corrected chi connectivity index (χ4v) is 1.96. The summed E-state index contributed by atoms with van der Waals surface area (Å²) >= 11 is 5.86. The lowest BCUT2D eigenvalue weighted by atomic mass is 9.79. The second kappa shape index (κ2) is 6.74. The lowest BCUT2D eigenvalue weighted by Gasteiger charge is -2.09. The fraction of sp³-hybridized carbons (Fsp3) is 0. The number of nitrogens with one attached hydrogen (secondary N) is 1. The van der Waals surface area contributed by atoms with Gasteiger partial charge in [0, 0.05) is 23.2 Å². The summed E-state index contributed by atoms with van der Waals surface area (Å²) in [7, 11) is -2.08. The summed E-state index contributed by atoms with van der Waals surface area (Å²) in [5.41, 5.74) is -0.809. The van der Waals surface area contributed by atoms with Crippen LogP contribution in [-0.4, -0.2) is 28.0 Å². The van der Waals surface area contributed by atoms with Crippen molar-refractivity contribution >= 4 is 41.5 Å². The summed E-state index contributed by atoms with van der Waals surface area (Å²) < 4.78 is 13.4. The van der Waals surface area contributed by atoms with Crippen molar-refractivity contribution in [2.24, 2.45) is 0 Å². The van der Waals surface area contributed by atoms with E-state index in [1.54, 1.807) is 0 Å². The molecule has 0 saturated carbocycles. The summed E-state index contributed by atoms with van der Waals surface area (Å²) in [5.74, 6) is -1.63. The number of halogens is 2. The molecule has 0 atom stereocenters. The molecule has 7 nitrogen and oxygen atoms in total. The van der Waals surface area contributed by atoms with Gasteiger partial charge < -0.3 is 15.4 Å². The Labute approximate surface area is 134 Å². The highest BCUT2D eigenvalue weighted by atomic mass is 35.5. The van der Waals surface area contributed by atoms with E-state index in [1.807, 2.05) is 0 Å². The predicted molar refractivity (Wildman–Crippen MR) is 82.3 cm³/mol. The van der Waals surface area contributed by atoms with Gasteiger partial charge in [-0.25, -0.2) is 4.39 Å². The van der Waals surface area contributed by atoms with Gasteiger partial charge in [0.15, 0.2) is 0 Å². The van der Waals surface area contributed by atoms with Crippen LogP contribution in [-0.2, 0) is 0 Å². The smallest absolute Gasteiger partial charge is 0.423 e. The van der Waals surface area contributed by atoms with Crippen LogP contribution in [0.5, 0.6) is 0 Å². The van der Waals surface area contributed by atoms with E-state index < -0.39 is 29.2 Å². The molecule has 3 N–H and O–H groups in total. The number of anilines is 1. The van der Waals surface area contributed by atoms with Crippen LogP contribution in [0.2, 0.25) is 5.02 Å². The van der Waals surface area contributed by atoms with Crippen molar-refractivity contribution in [3.05, 3.63) is 62.9 Å². The van der Waals surface area contributed by atoms with Crippen molar-refractivity contribution in [3.63, 3.8) is 0 Å². The largest absolute Gasteiger partial charge is 0.491 e. The minimum absolute atomic E-state index is 0.00119. The van der Waals surface area contributed by atoms with Crippen LogP contribution in [0.25, 0.3) is 0 Å². The molecule has 0 aromatic heterocycles. The number of hydrogen-bond acceptors (Lipinski definition) is 5. The molecule has 0 spiro atoms. The molecular formula is C13H9BClFN2O5. The zero-order chi connectivity index (χ0) is 17.1. The molecular weight excluding hydrogens is 329 g/mol. The van der Waals surface area contributed by atoms with E-state index in [4.69, 9.17) is 21.6 Å². The maximum Gasteiger partial charge on any atom is 0.491 e. The van der Waals surface area contributed by atoms with Gasteiger partial charge in [-0.15, -0.1) is 0 Å². The Morgan fingerprint density at radius 2 is 1.96 bits per heavy atom. The first kappa shape index (κ1) is 16.9. The molecule has 2 aromatic carbocycles. The lowest BCUT2D eigenvalue weighted by molar-refractivity contribution is -0.384. The SMILES string of the molecule is O=C(Nc1cc([N+](=O)[O-])ccc1Cl)c1ccc(F)c(B(O)O)c1. The number of nitro groups is 1. The van der Waals surface area contributed by atoms with Crippen LogP contribution in [0.15, 0.2) is 36.4 Å². The number of carbonyl (C=O) groups excluding carboxylic acids is 1. The first-order valence-corrected chi connectivity index (χ1v) is 6.58. The number of amides is 1. The zero-order valence-electron chi connectivity index (χ0n) is 11.4. The lowest BCUT2D eigenvalue weighted by Crippen LogP contribution is -2.33. The zero-order valence-corrected chi connectivity index (χ0v) is 12.1. The third kappa shape index (κ3) is 3.83. The van der Waals surface area contributed by atoms with E-state index >= 15 is 0 Å². The van der Waals surface area contributed by atoms with Crippen LogP contribution in [0.3, 0.4) is 0 Å². The molecule has 0 fully saturated rings. The van der Waals surface area contributed by atoms with Gasteiger partial charge in [-0.3, -0.25) is 14.9 Å². The average molecular weight is 338 g/mol. The summed E-state index contributed by atoms with van der Waals surface area (Å²) in [6.07, 6.45) is 0. The molecule has 10 heteroatoms. The van der Waals surface area contributed by atoms with Gasteiger partial charge in [0.05, 0.1) is 15.6 Å². The highest BCUT2D eigenvalue weighted by Crippen LogP contribution is 2.27. The van der Waals surface area contributed by atoms with Gasteiger partial charge in [0.25, 0.3) is 11.6 Å². The number of carbonyl (C=O) groups is 1. The Balaban J connectivity index is 2.31. The Hall–Kier alpha value is -2.49. The van der Waals surface area contributed by atoms with Crippen molar-refractivity contribution in [3.8, 4) is 0 Å². The first-order chi connectivity index (χ1) is 10.8. The molecule has 23 heavy (non-hydrogen) atoms. The van der Waals surface area contributed by atoms with E-state index in [9.17, 15) is 19.3 Å². The third-order valence-electron chi connectivity index (χ3n) is 2.95. The molecule has 0 aliphatic rings. The van der Waals surface area contributed by atoms with Gasteiger partial charge in [-0.05, 0) is 24.3 Å². The van der Waals surface area contributed by atoms with Crippen LogP contribution in [0, 0.1) is 15.9 Å². The number of rotatable bonds is 4. The number of benzene rings is 2. The van der Waals surface area contributed by atoms with Crippen molar-refractivity contribution in [1.82, 2.24) is 0 Å². The molecule has 0 radical (unpaired) electrons. The molecule has 0 aliphatic heterocycles. The standard InChI is InChI=1S/C13H9BClFN2O5/c15-10-3-2-8(18(22)23)6-12(10)17-13(19)7-1-4-11(16)9(5-7)14(20)21/h1-6,20-21H,(H,17,19). The van der Waals surface area contributed by atoms with Crippen LogP contribution < -0.4 is 10.8 Å². The fourth-order valence-electron chi connectivity index (χ4n) is 1.80. The van der Waals surface area contributed by atoms with Crippen molar-refractivity contribution in [2.45, 2.75) is 0 Å². The number of hydrogen-bond donors (Lipinski definition) is 3. The number of nitrogens with zero attached hydrogens (tertiary/aromatic N) is 1. The third-order valence-corrected chi connectivity index (χ3v) is 3.27. The van der Waals surface area contributed by atoms with Crippen molar-refractivity contribution < 1.29 is 24.2 Å². The van der Waals surface area contributed by atoms with Crippen LogP contribution in [0.4, 0.5) is 15.8 Å². The Morgan fingerprint density at radius 1 is 1.26 bits per heavy atom. The molecule has 0 aliphatic carbocycles.